The van der Waals surface area contributed by atoms with Gasteiger partial charge in [-0.15, -0.1) is 0 Å². The lowest BCUT2D eigenvalue weighted by Crippen LogP contribution is -2.44. The molecule has 1 atom stereocenters. The third-order valence-electron chi connectivity index (χ3n) is 4.56. The number of sulfone groups is 1. The number of pyridine rings is 1. The van der Waals surface area contributed by atoms with Gasteiger partial charge < -0.3 is 9.64 Å². The highest BCUT2D eigenvalue weighted by Gasteiger charge is 2.39. The van der Waals surface area contributed by atoms with Crippen LogP contribution in [0.25, 0.3) is 0 Å². The van der Waals surface area contributed by atoms with Gasteiger partial charge in [0.05, 0.1) is 29.8 Å². The third-order valence-corrected chi connectivity index (χ3v) is 7.01. The fourth-order valence-electron chi connectivity index (χ4n) is 2.85. The average molecular weight is 362 g/mol. The molecule has 0 aliphatic carbocycles. The fourth-order valence-corrected chi connectivity index (χ4v) is 4.31. The molecule has 7 nitrogen and oxygen atoms in total. The van der Waals surface area contributed by atoms with E-state index in [1.54, 1.807) is 19.9 Å². The van der Waals surface area contributed by atoms with Crippen molar-refractivity contribution in [1.29, 1.82) is 0 Å². The zero-order valence-electron chi connectivity index (χ0n) is 14.6. The van der Waals surface area contributed by atoms with Gasteiger partial charge in [-0.05, 0) is 32.9 Å². The molecule has 0 radical (unpaired) electrons. The summed E-state index contributed by atoms with van der Waals surface area (Å²) >= 11 is 0. The Morgan fingerprint density at radius 1 is 1.24 bits per heavy atom. The molecule has 0 saturated carbocycles. The predicted octanol–water partition coefficient (Wildman–Crippen LogP) is 1.81. The molecule has 1 aliphatic heterocycles. The first-order chi connectivity index (χ1) is 11.8. The molecule has 2 aromatic heterocycles. The topological polar surface area (TPSA) is 85.3 Å². The minimum absolute atomic E-state index is 0.177. The van der Waals surface area contributed by atoms with Crippen LogP contribution >= 0.6 is 0 Å². The highest BCUT2D eigenvalue weighted by molar-refractivity contribution is 7.92. The molecule has 134 valence electrons. The van der Waals surface area contributed by atoms with Gasteiger partial charge in [0.15, 0.2) is 9.84 Å². The number of aromatic nitrogens is 3. The Bertz CT molecular complexity index is 840. The van der Waals surface area contributed by atoms with Gasteiger partial charge in [0.25, 0.3) is 0 Å². The number of hydrogen-bond acceptors (Lipinski definition) is 7. The van der Waals surface area contributed by atoms with Crippen molar-refractivity contribution in [2.45, 2.75) is 36.5 Å². The summed E-state index contributed by atoms with van der Waals surface area (Å²) in [4.78, 5) is 14.8. The summed E-state index contributed by atoms with van der Waals surface area (Å²) in [5.41, 5.74) is 0.466. The van der Waals surface area contributed by atoms with Crippen LogP contribution in [0.5, 0.6) is 0 Å². The van der Waals surface area contributed by atoms with E-state index in [1.807, 2.05) is 0 Å². The highest BCUT2D eigenvalue weighted by Crippen LogP contribution is 2.34. The maximum atomic E-state index is 13.1. The van der Waals surface area contributed by atoms with E-state index in [4.69, 9.17) is 4.74 Å². The molecule has 0 spiro atoms. The van der Waals surface area contributed by atoms with Crippen molar-refractivity contribution in [2.75, 3.05) is 24.7 Å². The largest absolute Gasteiger partial charge is 0.377 e. The molecule has 1 aliphatic rings. The van der Waals surface area contributed by atoms with Gasteiger partial charge >= 0.3 is 0 Å². The Labute approximate surface area is 148 Å². The van der Waals surface area contributed by atoms with E-state index in [1.165, 1.54) is 30.9 Å². The monoisotopic (exact) mass is 362 g/mol. The normalized spacial score (nSPS) is 19.0. The van der Waals surface area contributed by atoms with Crippen LogP contribution in [0.15, 0.2) is 41.8 Å². The second-order valence-electron chi connectivity index (χ2n) is 6.58. The lowest BCUT2D eigenvalue weighted by atomic mass is 10.1. The van der Waals surface area contributed by atoms with Crippen LogP contribution in [0.2, 0.25) is 0 Å². The summed E-state index contributed by atoms with van der Waals surface area (Å²) < 4.78 is 30.4. The van der Waals surface area contributed by atoms with Gasteiger partial charge in [-0.2, -0.15) is 0 Å². The third kappa shape index (κ3) is 3.23. The highest BCUT2D eigenvalue weighted by atomic mass is 32.2. The van der Waals surface area contributed by atoms with Crippen molar-refractivity contribution in [3.8, 4) is 0 Å². The van der Waals surface area contributed by atoms with Crippen molar-refractivity contribution in [2.24, 2.45) is 0 Å². The SMILES string of the molecule is C[C@H]1COCCN1c1cc(C(C)(C)S(=O)(=O)c2ccncc2)ncn1. The molecule has 2 aromatic rings. The number of morpholine rings is 1. The Hall–Kier alpha value is -2.06. The quantitative estimate of drug-likeness (QED) is 0.820. The van der Waals surface area contributed by atoms with Gasteiger partial charge in [0.1, 0.15) is 16.9 Å². The summed E-state index contributed by atoms with van der Waals surface area (Å²) in [5, 5.41) is 0. The van der Waals surface area contributed by atoms with E-state index in [0.717, 1.165) is 12.4 Å². The molecule has 8 heteroatoms. The summed E-state index contributed by atoms with van der Waals surface area (Å²) in [6, 6.07) is 4.95. The van der Waals surface area contributed by atoms with E-state index in [0.29, 0.717) is 18.9 Å². The van der Waals surface area contributed by atoms with Crippen LogP contribution in [-0.4, -0.2) is 49.2 Å². The summed E-state index contributed by atoms with van der Waals surface area (Å²) in [6.45, 7) is 7.35. The molecule has 0 N–H and O–H groups in total. The van der Waals surface area contributed by atoms with Crippen molar-refractivity contribution in [1.82, 2.24) is 15.0 Å². The summed E-state index contributed by atoms with van der Waals surface area (Å²) in [5.74, 6) is 0.721. The second kappa shape index (κ2) is 6.68. The minimum Gasteiger partial charge on any atom is -0.377 e. The minimum atomic E-state index is -3.63. The molecule has 1 saturated heterocycles. The second-order valence-corrected chi connectivity index (χ2v) is 9.07. The Morgan fingerprint density at radius 2 is 1.96 bits per heavy atom. The smallest absolute Gasteiger partial charge is 0.189 e. The first-order valence-electron chi connectivity index (χ1n) is 8.15. The van der Waals surface area contributed by atoms with Crippen LogP contribution in [0, 0.1) is 0 Å². The molecule has 0 aromatic carbocycles. The van der Waals surface area contributed by atoms with E-state index in [2.05, 4.69) is 26.8 Å². The van der Waals surface area contributed by atoms with Gasteiger partial charge in [-0.1, -0.05) is 0 Å². The van der Waals surface area contributed by atoms with Crippen LogP contribution < -0.4 is 4.90 Å². The zero-order chi connectivity index (χ0) is 18.1. The Balaban J connectivity index is 1.99. The number of hydrogen-bond donors (Lipinski definition) is 0. The molecular formula is C17H22N4O3S. The Kier molecular flexibility index (Phi) is 4.75. The van der Waals surface area contributed by atoms with E-state index in [9.17, 15) is 8.42 Å². The molecule has 0 unspecified atom stereocenters. The molecule has 3 rings (SSSR count). The lowest BCUT2D eigenvalue weighted by molar-refractivity contribution is 0.0985. The number of anilines is 1. The van der Waals surface area contributed by atoms with Gasteiger partial charge in [-0.25, -0.2) is 18.4 Å². The zero-order valence-corrected chi connectivity index (χ0v) is 15.4. The number of nitrogens with zero attached hydrogens (tertiary/aromatic N) is 4. The summed E-state index contributed by atoms with van der Waals surface area (Å²) in [7, 11) is -3.63. The van der Waals surface area contributed by atoms with Crippen molar-refractivity contribution < 1.29 is 13.2 Å². The van der Waals surface area contributed by atoms with Crippen molar-refractivity contribution in [3.63, 3.8) is 0 Å². The fraction of sp³-hybridized carbons (Fsp3) is 0.471. The Morgan fingerprint density at radius 3 is 2.64 bits per heavy atom. The van der Waals surface area contributed by atoms with Gasteiger partial charge in [-0.3, -0.25) is 4.98 Å². The van der Waals surface area contributed by atoms with Crippen LogP contribution in [0.4, 0.5) is 5.82 Å². The number of ether oxygens (including phenoxy) is 1. The molecule has 0 amide bonds. The molecule has 3 heterocycles. The molecule has 25 heavy (non-hydrogen) atoms. The van der Waals surface area contributed by atoms with Crippen molar-refractivity contribution >= 4 is 15.7 Å². The first-order valence-corrected chi connectivity index (χ1v) is 9.64. The van der Waals surface area contributed by atoms with Crippen LogP contribution in [-0.2, 0) is 19.3 Å². The first kappa shape index (κ1) is 17.8. The van der Waals surface area contributed by atoms with E-state index < -0.39 is 14.6 Å². The average Bonchev–Trinajstić information content (AvgIpc) is 2.63. The predicted molar refractivity (Wildman–Crippen MR) is 94.1 cm³/mol. The maximum Gasteiger partial charge on any atom is 0.189 e. The van der Waals surface area contributed by atoms with Gasteiger partial charge in [0.2, 0.25) is 0 Å². The van der Waals surface area contributed by atoms with Crippen molar-refractivity contribution in [3.05, 3.63) is 42.6 Å². The molecule has 1 fully saturated rings. The van der Waals surface area contributed by atoms with Gasteiger partial charge in [0, 0.05) is 25.0 Å². The van der Waals surface area contributed by atoms with Crippen LogP contribution in [0.3, 0.4) is 0 Å². The standard InChI is InChI=1S/C17H22N4O3S/c1-13-11-24-9-8-21(13)16-10-15(19-12-20-16)17(2,3)25(22,23)14-4-6-18-7-5-14/h4-7,10,12-13H,8-9,11H2,1-3H3/t13-/m0/s1. The lowest BCUT2D eigenvalue weighted by Gasteiger charge is -2.35. The maximum absolute atomic E-state index is 13.1. The van der Waals surface area contributed by atoms with Crippen LogP contribution in [0.1, 0.15) is 26.5 Å². The molecule has 0 bridgehead atoms. The van der Waals surface area contributed by atoms with E-state index in [-0.39, 0.29) is 10.9 Å². The number of rotatable bonds is 4. The molecular weight excluding hydrogens is 340 g/mol. The summed E-state index contributed by atoms with van der Waals surface area (Å²) in [6.07, 6.45) is 4.38. The van der Waals surface area contributed by atoms with E-state index >= 15 is 0 Å².